The van der Waals surface area contributed by atoms with Crippen LogP contribution in [0.2, 0.25) is 0 Å². The van der Waals surface area contributed by atoms with Gasteiger partial charge < -0.3 is 10.2 Å². The molecule has 21 heavy (non-hydrogen) atoms. The highest BCUT2D eigenvalue weighted by molar-refractivity contribution is 7.15. The summed E-state index contributed by atoms with van der Waals surface area (Å²) in [5.41, 5.74) is 4.04. The number of aromatic nitrogens is 1. The molecule has 2 heterocycles. The second-order valence-corrected chi connectivity index (χ2v) is 6.76. The van der Waals surface area contributed by atoms with E-state index in [1.807, 2.05) is 11.3 Å². The fourth-order valence-corrected chi connectivity index (χ4v) is 3.94. The molecule has 1 aromatic heterocycles. The largest absolute Gasteiger partial charge is 0.339 e. The van der Waals surface area contributed by atoms with Crippen LogP contribution in [0.3, 0.4) is 0 Å². The zero-order chi connectivity index (χ0) is 14.8. The summed E-state index contributed by atoms with van der Waals surface area (Å²) in [7, 11) is 0. The van der Waals surface area contributed by atoms with E-state index in [4.69, 9.17) is 4.98 Å². The van der Waals surface area contributed by atoms with Gasteiger partial charge in [0.05, 0.1) is 5.69 Å². The van der Waals surface area contributed by atoms with Gasteiger partial charge in [0.1, 0.15) is 0 Å². The number of aryl methyl sites for hydroxylation is 1. The minimum Gasteiger partial charge on any atom is -0.339 e. The molecule has 3 nitrogen and oxygen atoms in total. The number of thiazole rings is 1. The van der Waals surface area contributed by atoms with Gasteiger partial charge in [-0.2, -0.15) is 0 Å². The third kappa shape index (κ3) is 2.97. The lowest BCUT2D eigenvalue weighted by Gasteiger charge is -2.13. The number of benzene rings is 1. The van der Waals surface area contributed by atoms with Crippen LogP contribution in [0.1, 0.15) is 48.0 Å². The summed E-state index contributed by atoms with van der Waals surface area (Å²) in [6.07, 6.45) is 1.16. The van der Waals surface area contributed by atoms with Crippen molar-refractivity contribution in [1.29, 1.82) is 0 Å². The molecule has 0 fully saturated rings. The summed E-state index contributed by atoms with van der Waals surface area (Å²) in [4.78, 5) is 8.57. The molecule has 1 aliphatic heterocycles. The molecule has 0 spiro atoms. The quantitative estimate of drug-likeness (QED) is 0.903. The van der Waals surface area contributed by atoms with Gasteiger partial charge in [0.2, 0.25) is 0 Å². The van der Waals surface area contributed by atoms with Crippen molar-refractivity contribution in [3.8, 4) is 0 Å². The first-order chi connectivity index (χ1) is 10.2. The molecule has 1 atom stereocenters. The molecular weight excluding hydrogens is 278 g/mol. The van der Waals surface area contributed by atoms with Crippen molar-refractivity contribution in [2.75, 3.05) is 11.4 Å². The topological polar surface area (TPSA) is 28.2 Å². The first kappa shape index (κ1) is 14.5. The molecule has 0 bridgehead atoms. The molecule has 0 saturated carbocycles. The summed E-state index contributed by atoms with van der Waals surface area (Å²) in [6.45, 7) is 9.59. The number of hydrogen-bond acceptors (Lipinski definition) is 4. The monoisotopic (exact) mass is 301 g/mol. The van der Waals surface area contributed by atoms with Gasteiger partial charge in [-0.25, -0.2) is 4.98 Å². The van der Waals surface area contributed by atoms with Gasteiger partial charge >= 0.3 is 0 Å². The lowest BCUT2D eigenvalue weighted by Crippen LogP contribution is -2.18. The number of hydrogen-bond donors (Lipinski definition) is 1. The van der Waals surface area contributed by atoms with Crippen LogP contribution in [0.25, 0.3) is 0 Å². The molecule has 2 aromatic rings. The van der Waals surface area contributed by atoms with Crippen LogP contribution in [0.4, 0.5) is 5.13 Å². The molecule has 0 amide bonds. The maximum Gasteiger partial charge on any atom is 0.186 e. The van der Waals surface area contributed by atoms with Gasteiger partial charge in [-0.05, 0) is 37.9 Å². The average Bonchev–Trinajstić information content (AvgIpc) is 3.07. The van der Waals surface area contributed by atoms with E-state index >= 15 is 0 Å². The first-order valence-corrected chi connectivity index (χ1v) is 8.53. The molecule has 1 unspecified atom stereocenters. The molecule has 4 heteroatoms. The van der Waals surface area contributed by atoms with E-state index in [2.05, 4.69) is 55.3 Å². The minimum absolute atomic E-state index is 0.390. The number of nitrogens with one attached hydrogen (secondary N) is 1. The predicted octanol–water partition coefficient (Wildman–Crippen LogP) is 4.03. The zero-order valence-corrected chi connectivity index (χ0v) is 13.8. The van der Waals surface area contributed by atoms with E-state index < -0.39 is 0 Å². The maximum absolute atomic E-state index is 4.81. The Morgan fingerprint density at radius 3 is 2.57 bits per heavy atom. The molecule has 3 rings (SSSR count). The van der Waals surface area contributed by atoms with Gasteiger partial charge in [-0.1, -0.05) is 42.5 Å². The third-order valence-corrected chi connectivity index (χ3v) is 5.43. The number of anilines is 1. The van der Waals surface area contributed by atoms with Crippen LogP contribution < -0.4 is 10.2 Å². The van der Waals surface area contributed by atoms with Crippen LogP contribution in [-0.4, -0.2) is 11.5 Å². The third-order valence-electron chi connectivity index (χ3n) is 4.03. The number of fused-ring (bicyclic) bond motifs is 1. The Balaban J connectivity index is 1.76. The van der Waals surface area contributed by atoms with Crippen molar-refractivity contribution < 1.29 is 0 Å². The Morgan fingerprint density at radius 2 is 1.95 bits per heavy atom. The normalized spacial score (nSPS) is 15.3. The average molecular weight is 301 g/mol. The lowest BCUT2D eigenvalue weighted by molar-refractivity contribution is 0.575. The van der Waals surface area contributed by atoms with Crippen molar-refractivity contribution >= 4 is 16.5 Å². The summed E-state index contributed by atoms with van der Waals surface area (Å²) in [5.74, 6) is 0. The first-order valence-electron chi connectivity index (χ1n) is 7.71. The van der Waals surface area contributed by atoms with E-state index in [9.17, 15) is 0 Å². The van der Waals surface area contributed by atoms with Crippen molar-refractivity contribution in [2.24, 2.45) is 0 Å². The highest BCUT2D eigenvalue weighted by atomic mass is 32.1. The Bertz CT molecular complexity index is 595. The molecule has 0 aliphatic carbocycles. The maximum atomic E-state index is 4.81. The van der Waals surface area contributed by atoms with Gasteiger partial charge in [0.15, 0.2) is 5.13 Å². The fraction of sp³-hybridized carbons (Fsp3) is 0.471. The minimum atomic E-state index is 0.390. The zero-order valence-electron chi connectivity index (χ0n) is 13.0. The highest BCUT2D eigenvalue weighted by Gasteiger charge is 2.23. The molecule has 1 aliphatic rings. The van der Waals surface area contributed by atoms with Crippen LogP contribution in [0, 0.1) is 6.92 Å². The standard InChI is InChI=1S/C17H23N3S/c1-4-9-18-12(2)16-13(3)19-17(21-16)20-10-14-7-5-6-8-15(14)11-20/h5-8,12,18H,4,9-11H2,1-3H3. The predicted molar refractivity (Wildman–Crippen MR) is 89.9 cm³/mol. The summed E-state index contributed by atoms with van der Waals surface area (Å²) in [5, 5.41) is 4.72. The van der Waals surface area contributed by atoms with E-state index in [1.54, 1.807) is 0 Å². The van der Waals surface area contributed by atoms with Crippen LogP contribution >= 0.6 is 11.3 Å². The molecule has 0 saturated heterocycles. The van der Waals surface area contributed by atoms with Crippen molar-refractivity contribution in [3.63, 3.8) is 0 Å². The van der Waals surface area contributed by atoms with Gasteiger partial charge in [0.25, 0.3) is 0 Å². The summed E-state index contributed by atoms with van der Waals surface area (Å²) >= 11 is 1.84. The van der Waals surface area contributed by atoms with Crippen LogP contribution in [0.5, 0.6) is 0 Å². The number of rotatable bonds is 5. The Morgan fingerprint density at radius 1 is 1.29 bits per heavy atom. The SMILES string of the molecule is CCCNC(C)c1sc(N2Cc3ccccc3C2)nc1C. The number of nitrogens with zero attached hydrogens (tertiary/aromatic N) is 2. The second kappa shape index (κ2) is 6.16. The Labute approximate surface area is 131 Å². The van der Waals surface area contributed by atoms with E-state index in [0.717, 1.165) is 31.2 Å². The van der Waals surface area contributed by atoms with E-state index in [-0.39, 0.29) is 0 Å². The second-order valence-electron chi connectivity index (χ2n) is 5.75. The fourth-order valence-electron chi connectivity index (χ4n) is 2.85. The summed E-state index contributed by atoms with van der Waals surface area (Å²) < 4.78 is 0. The molecule has 1 N–H and O–H groups in total. The highest BCUT2D eigenvalue weighted by Crippen LogP contribution is 2.35. The van der Waals surface area contributed by atoms with E-state index in [0.29, 0.717) is 6.04 Å². The van der Waals surface area contributed by atoms with Crippen molar-refractivity contribution in [2.45, 2.75) is 46.3 Å². The van der Waals surface area contributed by atoms with Gasteiger partial charge in [-0.3, -0.25) is 0 Å². The molecule has 112 valence electrons. The van der Waals surface area contributed by atoms with Crippen molar-refractivity contribution in [3.05, 3.63) is 46.0 Å². The summed E-state index contributed by atoms with van der Waals surface area (Å²) in [6, 6.07) is 9.08. The lowest BCUT2D eigenvalue weighted by atomic mass is 10.1. The van der Waals surface area contributed by atoms with Crippen molar-refractivity contribution in [1.82, 2.24) is 10.3 Å². The molecular formula is C17H23N3S. The molecule has 1 aromatic carbocycles. The van der Waals surface area contributed by atoms with Crippen LogP contribution in [0.15, 0.2) is 24.3 Å². The Kier molecular flexibility index (Phi) is 4.27. The van der Waals surface area contributed by atoms with E-state index in [1.165, 1.54) is 21.7 Å². The molecule has 0 radical (unpaired) electrons. The van der Waals surface area contributed by atoms with Gasteiger partial charge in [0, 0.05) is 24.0 Å². The Hall–Kier alpha value is -1.39. The van der Waals surface area contributed by atoms with Crippen LogP contribution in [-0.2, 0) is 13.1 Å². The van der Waals surface area contributed by atoms with Gasteiger partial charge in [-0.15, -0.1) is 0 Å². The smallest absolute Gasteiger partial charge is 0.186 e.